The maximum Gasteiger partial charge on any atom is 0.229 e. The number of para-hydroxylation sites is 1. The first kappa shape index (κ1) is 26.3. The highest BCUT2D eigenvalue weighted by molar-refractivity contribution is 5.97. The number of aryl methyl sites for hydroxylation is 1. The minimum atomic E-state index is -0.0415. The lowest BCUT2D eigenvalue weighted by Gasteiger charge is -2.19. The molecule has 0 aliphatic carbocycles. The van der Waals surface area contributed by atoms with Crippen molar-refractivity contribution in [1.82, 2.24) is 4.98 Å². The fourth-order valence-corrected chi connectivity index (χ4v) is 5.00. The Balaban J connectivity index is 1.47. The second-order valence-corrected chi connectivity index (χ2v) is 11.4. The van der Waals surface area contributed by atoms with Gasteiger partial charge in [-0.05, 0) is 71.0 Å². The predicted molar refractivity (Wildman–Crippen MR) is 169 cm³/mol. The molecule has 202 valence electrons. The van der Waals surface area contributed by atoms with E-state index in [4.69, 9.17) is 14.4 Å². The SMILES string of the molecule is Cc1cccc(-c2cc(-c3ccccc3)c3nc(-c4ccccc4N=Cc4cc(C(C)(C)C)ccc4O)oc3c2)c1. The van der Waals surface area contributed by atoms with E-state index in [0.29, 0.717) is 22.7 Å². The lowest BCUT2D eigenvalue weighted by Crippen LogP contribution is -2.11. The Labute approximate surface area is 240 Å². The average Bonchev–Trinajstić information content (AvgIpc) is 3.40. The van der Waals surface area contributed by atoms with Crippen LogP contribution in [-0.2, 0) is 5.41 Å². The zero-order valence-electron chi connectivity index (χ0n) is 23.7. The summed E-state index contributed by atoms with van der Waals surface area (Å²) in [6, 6.07) is 36.5. The number of aromatic nitrogens is 1. The number of rotatable bonds is 5. The van der Waals surface area contributed by atoms with Gasteiger partial charge >= 0.3 is 0 Å². The zero-order chi connectivity index (χ0) is 28.6. The molecule has 4 heteroatoms. The molecule has 0 aliphatic rings. The lowest BCUT2D eigenvalue weighted by molar-refractivity contribution is 0.473. The van der Waals surface area contributed by atoms with Gasteiger partial charge in [0.15, 0.2) is 5.58 Å². The quantitative estimate of drug-likeness (QED) is 0.223. The maximum absolute atomic E-state index is 10.5. The first-order valence-corrected chi connectivity index (χ1v) is 13.8. The molecule has 0 radical (unpaired) electrons. The molecule has 1 aromatic heterocycles. The summed E-state index contributed by atoms with van der Waals surface area (Å²) < 4.78 is 6.45. The lowest BCUT2D eigenvalue weighted by atomic mass is 9.86. The van der Waals surface area contributed by atoms with E-state index in [0.717, 1.165) is 38.9 Å². The van der Waals surface area contributed by atoms with Crippen LogP contribution in [0.4, 0.5) is 5.69 Å². The van der Waals surface area contributed by atoms with Gasteiger partial charge in [-0.15, -0.1) is 0 Å². The molecule has 41 heavy (non-hydrogen) atoms. The fourth-order valence-electron chi connectivity index (χ4n) is 5.00. The number of phenolic OH excluding ortho intramolecular Hbond substituents is 1. The Hall–Kier alpha value is -4.96. The highest BCUT2D eigenvalue weighted by atomic mass is 16.3. The molecule has 0 aliphatic heterocycles. The van der Waals surface area contributed by atoms with Crippen LogP contribution in [0.5, 0.6) is 5.75 Å². The molecule has 1 N–H and O–H groups in total. The van der Waals surface area contributed by atoms with Crippen LogP contribution in [-0.4, -0.2) is 16.3 Å². The van der Waals surface area contributed by atoms with Crippen molar-refractivity contribution in [3.63, 3.8) is 0 Å². The number of phenols is 1. The highest BCUT2D eigenvalue weighted by Gasteiger charge is 2.18. The number of nitrogens with zero attached hydrogens (tertiary/aromatic N) is 2. The van der Waals surface area contributed by atoms with Crippen molar-refractivity contribution in [3.8, 4) is 39.5 Å². The Morgan fingerprint density at radius 2 is 1.49 bits per heavy atom. The van der Waals surface area contributed by atoms with Gasteiger partial charge in [-0.2, -0.15) is 0 Å². The first-order chi connectivity index (χ1) is 19.8. The van der Waals surface area contributed by atoms with Crippen LogP contribution in [0.25, 0.3) is 44.8 Å². The second-order valence-electron chi connectivity index (χ2n) is 11.4. The second kappa shape index (κ2) is 10.5. The van der Waals surface area contributed by atoms with E-state index in [9.17, 15) is 5.11 Å². The Bertz CT molecular complexity index is 1890. The monoisotopic (exact) mass is 536 g/mol. The van der Waals surface area contributed by atoms with Crippen molar-refractivity contribution < 1.29 is 9.52 Å². The molecule has 0 amide bonds. The largest absolute Gasteiger partial charge is 0.507 e. The van der Waals surface area contributed by atoms with Crippen LogP contribution in [0.3, 0.4) is 0 Å². The van der Waals surface area contributed by atoms with Gasteiger partial charge in [0.05, 0.1) is 11.3 Å². The molecule has 6 aromatic rings. The van der Waals surface area contributed by atoms with Crippen LogP contribution >= 0.6 is 0 Å². The van der Waals surface area contributed by atoms with Crippen molar-refractivity contribution in [2.24, 2.45) is 4.99 Å². The van der Waals surface area contributed by atoms with Gasteiger partial charge in [-0.25, -0.2) is 4.98 Å². The normalized spacial score (nSPS) is 11.9. The number of oxazole rings is 1. The number of fused-ring (bicyclic) bond motifs is 1. The van der Waals surface area contributed by atoms with Crippen molar-refractivity contribution >= 4 is 23.0 Å². The number of hydrogen-bond donors (Lipinski definition) is 1. The van der Waals surface area contributed by atoms with E-state index in [1.54, 1.807) is 12.3 Å². The van der Waals surface area contributed by atoms with Crippen LogP contribution in [0, 0.1) is 6.92 Å². The summed E-state index contributed by atoms with van der Waals surface area (Å²) >= 11 is 0. The van der Waals surface area contributed by atoms with Crippen LogP contribution in [0.15, 0.2) is 119 Å². The third-order valence-electron chi connectivity index (χ3n) is 7.30. The average molecular weight is 537 g/mol. The van der Waals surface area contributed by atoms with Crippen LogP contribution < -0.4 is 0 Å². The molecular weight excluding hydrogens is 504 g/mol. The summed E-state index contributed by atoms with van der Waals surface area (Å²) in [5, 5.41) is 10.5. The van der Waals surface area contributed by atoms with E-state index in [-0.39, 0.29) is 11.2 Å². The highest BCUT2D eigenvalue weighted by Crippen LogP contribution is 2.38. The summed E-state index contributed by atoms with van der Waals surface area (Å²) in [5.74, 6) is 0.691. The molecule has 6 rings (SSSR count). The Kier molecular flexibility index (Phi) is 6.76. The van der Waals surface area contributed by atoms with Crippen LogP contribution in [0.1, 0.15) is 37.5 Å². The summed E-state index contributed by atoms with van der Waals surface area (Å²) in [5.41, 5.74) is 10.2. The first-order valence-electron chi connectivity index (χ1n) is 13.8. The molecule has 0 atom stereocenters. The van der Waals surface area contributed by atoms with Gasteiger partial charge in [0.2, 0.25) is 5.89 Å². The van der Waals surface area contributed by atoms with Crippen molar-refractivity contribution in [1.29, 1.82) is 0 Å². The summed E-state index contributed by atoms with van der Waals surface area (Å²) in [6.45, 7) is 8.55. The minimum absolute atomic E-state index is 0.0415. The Morgan fingerprint density at radius 1 is 0.732 bits per heavy atom. The van der Waals surface area contributed by atoms with E-state index in [1.807, 2.05) is 54.6 Å². The molecule has 0 unspecified atom stereocenters. The van der Waals surface area contributed by atoms with Gasteiger partial charge in [-0.1, -0.05) is 99.1 Å². The zero-order valence-corrected chi connectivity index (χ0v) is 23.7. The van der Waals surface area contributed by atoms with Crippen LogP contribution in [0.2, 0.25) is 0 Å². The summed E-state index contributed by atoms with van der Waals surface area (Å²) in [6.07, 6.45) is 1.71. The van der Waals surface area contributed by atoms with Gasteiger partial charge in [-0.3, -0.25) is 4.99 Å². The van der Waals surface area contributed by atoms with E-state index < -0.39 is 0 Å². The summed E-state index contributed by atoms with van der Waals surface area (Å²) in [4.78, 5) is 9.78. The maximum atomic E-state index is 10.5. The molecule has 0 bridgehead atoms. The molecular formula is C37H32N2O2. The number of benzene rings is 5. The third-order valence-corrected chi connectivity index (χ3v) is 7.30. The van der Waals surface area contributed by atoms with Gasteiger partial charge in [0.1, 0.15) is 11.3 Å². The Morgan fingerprint density at radius 3 is 2.27 bits per heavy atom. The molecule has 5 aromatic carbocycles. The topological polar surface area (TPSA) is 58.6 Å². The molecule has 4 nitrogen and oxygen atoms in total. The van der Waals surface area contributed by atoms with E-state index in [2.05, 4.69) is 76.2 Å². The van der Waals surface area contributed by atoms with Gasteiger partial charge in [0.25, 0.3) is 0 Å². The van der Waals surface area contributed by atoms with Crippen molar-refractivity contribution in [3.05, 3.63) is 126 Å². The molecule has 0 saturated carbocycles. The van der Waals surface area contributed by atoms with E-state index >= 15 is 0 Å². The number of aromatic hydroxyl groups is 1. The summed E-state index contributed by atoms with van der Waals surface area (Å²) in [7, 11) is 0. The molecule has 0 fully saturated rings. The predicted octanol–water partition coefficient (Wildman–Crippen LogP) is 9.89. The molecule has 0 saturated heterocycles. The standard InChI is InChI=1S/C37H32N2O2/c1-24-11-10-14-26(19-24)27-21-31(25-12-6-5-7-13-25)35-34(22-27)41-36(39-35)30-15-8-9-16-32(30)38-23-28-20-29(37(2,3)4)17-18-33(28)40/h5-23,40H,1-4H3. The number of hydrogen-bond acceptors (Lipinski definition) is 4. The van der Waals surface area contributed by atoms with Gasteiger partial charge in [0, 0.05) is 17.3 Å². The van der Waals surface area contributed by atoms with Crippen molar-refractivity contribution in [2.45, 2.75) is 33.1 Å². The molecule has 0 spiro atoms. The third kappa shape index (κ3) is 5.42. The fraction of sp³-hybridized carbons (Fsp3) is 0.135. The van der Waals surface area contributed by atoms with E-state index in [1.165, 1.54) is 5.56 Å². The van der Waals surface area contributed by atoms with Crippen molar-refractivity contribution in [2.75, 3.05) is 0 Å². The smallest absolute Gasteiger partial charge is 0.229 e. The van der Waals surface area contributed by atoms with Gasteiger partial charge < -0.3 is 9.52 Å². The molecule has 1 heterocycles. The number of aliphatic imine (C=N–C) groups is 1. The minimum Gasteiger partial charge on any atom is -0.507 e.